The van der Waals surface area contributed by atoms with E-state index in [1.54, 1.807) is 0 Å². The van der Waals surface area contributed by atoms with Crippen molar-refractivity contribution in [2.24, 2.45) is 0 Å². The van der Waals surface area contributed by atoms with Crippen LogP contribution in [0.25, 0.3) is 11.2 Å². The molecule has 2 aliphatic rings. The van der Waals surface area contributed by atoms with Gasteiger partial charge in [0, 0.05) is 0 Å². The van der Waals surface area contributed by atoms with Crippen LogP contribution in [0.15, 0.2) is 12.7 Å². The van der Waals surface area contributed by atoms with Crippen LogP contribution in [-0.4, -0.2) is 129 Å². The van der Waals surface area contributed by atoms with Gasteiger partial charge >= 0.3 is 37.4 Å². The molecule has 2 saturated heterocycles. The topological polar surface area (TPSA) is 245 Å². The zero-order valence-electron chi connectivity index (χ0n) is 16.3. The number of hydrogen-bond acceptors (Lipinski definition) is 14. The number of aromatic nitrogens is 4. The summed E-state index contributed by atoms with van der Waals surface area (Å²) in [6, 6.07) is 0. The Morgan fingerprint density at radius 3 is 2.64 bits per heavy atom. The van der Waals surface area contributed by atoms with Crippen molar-refractivity contribution in [2.75, 3.05) is 18.9 Å². The number of hydrogen-bond donors (Lipinski definition) is 7. The molecule has 4 heterocycles. The number of fused-ring (bicyclic) bond motifs is 1. The number of ether oxygens (including phenoxy) is 2. The van der Waals surface area contributed by atoms with E-state index in [0.29, 0.717) is 0 Å². The predicted molar refractivity (Wildman–Crippen MR) is 107 cm³/mol. The van der Waals surface area contributed by atoms with Gasteiger partial charge in [0.05, 0.1) is 32.1 Å². The monoisotopic (exact) mass is 503 g/mol. The van der Waals surface area contributed by atoms with Crippen molar-refractivity contribution >= 4 is 54.4 Å². The van der Waals surface area contributed by atoms with E-state index in [9.17, 15) is 29.9 Å². The van der Waals surface area contributed by atoms with Gasteiger partial charge in [-0.2, -0.15) is 0 Å². The zero-order chi connectivity index (χ0) is 23.3. The summed E-state index contributed by atoms with van der Waals surface area (Å²) in [5, 5.41) is 49.5. The van der Waals surface area contributed by atoms with Crippen LogP contribution in [0.2, 0.25) is 0 Å². The molecule has 18 heteroatoms. The zero-order valence-corrected chi connectivity index (χ0v) is 17.2. The summed E-state index contributed by atoms with van der Waals surface area (Å²) in [5.41, 5.74) is 6.20. The summed E-state index contributed by atoms with van der Waals surface area (Å²) >= 11 is 0. The van der Waals surface area contributed by atoms with Crippen LogP contribution in [0.5, 0.6) is 0 Å². The number of anilines is 1. The predicted octanol–water partition coefficient (Wildman–Crippen LogP) is -3.70. The molecule has 0 radical (unpaired) electrons. The van der Waals surface area contributed by atoms with Gasteiger partial charge in [-0.15, -0.1) is 0 Å². The molecule has 2 aromatic heterocycles. The molecular weight excluding hydrogens is 480 g/mol. The Morgan fingerprint density at radius 1 is 1.24 bits per heavy atom. The molecule has 180 valence electrons. The Kier molecular flexibility index (Phi) is 8.15. The fraction of sp³-hybridized carbons (Fsp3) is 0.667. The Morgan fingerprint density at radius 2 is 1.97 bits per heavy atom. The Bertz CT molecular complexity index is 1030. The first-order valence-corrected chi connectivity index (χ1v) is 10.8. The molecule has 2 aromatic rings. The number of imidazole rings is 1. The van der Waals surface area contributed by atoms with Crippen molar-refractivity contribution < 1.29 is 53.5 Å². The van der Waals surface area contributed by atoms with Crippen LogP contribution >= 0.6 is 7.82 Å². The van der Waals surface area contributed by atoms with Gasteiger partial charge in [0.15, 0.2) is 17.7 Å². The standard InChI is InChI=1S/C15H22N5O11P.Na.H/c16-12-9-13(18-4-17-12)20(5-19-9)14-11(24)10(23)8(29-14)3-28-32(26,27)31-15(25)1-6(22)7(2-21)30-15;;/h4-8,10-11,14,21-25H,1-3H2,(H,26,27)(H2,16,17,18);;/t6-,7+,8+,10+,11+,14+,15-;;/m0../s1. The Labute approximate surface area is 207 Å². The number of phosphoric acid groups is 1. The third kappa shape index (κ3) is 5.39. The first-order valence-electron chi connectivity index (χ1n) is 9.35. The van der Waals surface area contributed by atoms with Crippen LogP contribution in [0.1, 0.15) is 12.6 Å². The van der Waals surface area contributed by atoms with Gasteiger partial charge in [-0.25, -0.2) is 24.0 Å². The van der Waals surface area contributed by atoms with Crippen LogP contribution in [0.3, 0.4) is 0 Å². The summed E-state index contributed by atoms with van der Waals surface area (Å²) < 4.78 is 33.3. The normalized spacial score (nSPS) is 36.1. The average molecular weight is 503 g/mol. The molecule has 2 aliphatic heterocycles. The van der Waals surface area contributed by atoms with Crippen LogP contribution in [0, 0.1) is 0 Å². The van der Waals surface area contributed by atoms with Gasteiger partial charge in [-0.1, -0.05) is 0 Å². The van der Waals surface area contributed by atoms with E-state index in [2.05, 4.69) is 19.5 Å². The maximum atomic E-state index is 12.2. The number of nitrogen functional groups attached to an aromatic ring is 1. The summed E-state index contributed by atoms with van der Waals surface area (Å²) in [6.07, 6.45) is -6.22. The summed E-state index contributed by atoms with van der Waals surface area (Å²) in [6.45, 7) is -1.39. The van der Waals surface area contributed by atoms with Crippen molar-refractivity contribution in [3.05, 3.63) is 12.7 Å². The van der Waals surface area contributed by atoms with Gasteiger partial charge in [0.1, 0.15) is 36.3 Å². The van der Waals surface area contributed by atoms with E-state index in [1.807, 2.05) is 0 Å². The molecule has 0 spiro atoms. The Hall–Kier alpha value is -0.820. The fourth-order valence-corrected chi connectivity index (χ4v) is 4.37. The fourth-order valence-electron chi connectivity index (χ4n) is 3.50. The van der Waals surface area contributed by atoms with Crippen LogP contribution in [-0.2, 0) is 23.1 Å². The van der Waals surface area contributed by atoms with E-state index in [-0.39, 0.29) is 46.5 Å². The van der Waals surface area contributed by atoms with Gasteiger partial charge in [0.2, 0.25) is 0 Å². The third-order valence-electron chi connectivity index (χ3n) is 5.07. The van der Waals surface area contributed by atoms with Gasteiger partial charge in [0.25, 0.3) is 5.97 Å². The first kappa shape index (κ1) is 26.8. The quantitative estimate of drug-likeness (QED) is 0.109. The molecule has 8 atom stereocenters. The first-order chi connectivity index (χ1) is 15.0. The number of phosphoric ester groups is 1. The summed E-state index contributed by atoms with van der Waals surface area (Å²) in [4.78, 5) is 21.8. The molecular formula is C15H23N5NaO11P. The van der Waals surface area contributed by atoms with Crippen LogP contribution in [0.4, 0.5) is 5.82 Å². The SMILES string of the molecule is Nc1ncnc2c1ncn2[C@@H]1O[C@H](COP(=O)(O)O[C@]2(O)C[C@H](O)[C@@H](CO)O2)[C@@H](O)[C@H]1O.[NaH]. The van der Waals surface area contributed by atoms with Gasteiger partial charge in [-0.3, -0.25) is 9.09 Å². The van der Waals surface area contributed by atoms with Crippen molar-refractivity contribution in [3.63, 3.8) is 0 Å². The molecule has 8 N–H and O–H groups in total. The molecule has 2 fully saturated rings. The summed E-state index contributed by atoms with van der Waals surface area (Å²) in [5.74, 6) is -2.58. The molecule has 0 aromatic carbocycles. The second-order valence-corrected chi connectivity index (χ2v) is 8.69. The van der Waals surface area contributed by atoms with E-state index in [4.69, 9.17) is 24.8 Å². The number of aliphatic hydroxyl groups excluding tert-OH is 4. The molecule has 0 bridgehead atoms. The second-order valence-electron chi connectivity index (χ2n) is 7.31. The number of nitrogens with two attached hydrogens (primary N) is 1. The molecule has 0 aliphatic carbocycles. The summed E-state index contributed by atoms with van der Waals surface area (Å²) in [7, 11) is -4.99. The molecule has 4 rings (SSSR count). The van der Waals surface area contributed by atoms with E-state index < -0.39 is 70.2 Å². The number of rotatable bonds is 7. The number of nitrogens with zero attached hydrogens (tertiary/aromatic N) is 4. The van der Waals surface area contributed by atoms with Crippen molar-refractivity contribution in [2.45, 2.75) is 49.1 Å². The average Bonchev–Trinajstić information content (AvgIpc) is 3.35. The maximum absolute atomic E-state index is 12.2. The van der Waals surface area contributed by atoms with Crippen molar-refractivity contribution in [1.29, 1.82) is 0 Å². The van der Waals surface area contributed by atoms with Crippen molar-refractivity contribution in [3.8, 4) is 0 Å². The molecule has 33 heavy (non-hydrogen) atoms. The second kappa shape index (κ2) is 10.0. The van der Waals surface area contributed by atoms with E-state index in [1.165, 1.54) is 17.2 Å². The molecule has 16 nitrogen and oxygen atoms in total. The third-order valence-corrected chi connectivity index (χ3v) is 6.06. The number of aliphatic hydroxyl groups is 5. The Balaban J connectivity index is 0.00000306. The van der Waals surface area contributed by atoms with Gasteiger partial charge in [-0.05, 0) is 0 Å². The molecule has 0 amide bonds. The molecule has 0 saturated carbocycles. The molecule has 1 unspecified atom stereocenters. The van der Waals surface area contributed by atoms with Crippen molar-refractivity contribution in [1.82, 2.24) is 19.5 Å². The minimum atomic E-state index is -4.99. The van der Waals surface area contributed by atoms with E-state index >= 15 is 0 Å². The van der Waals surface area contributed by atoms with Gasteiger partial charge < -0.3 is 45.6 Å². The minimum absolute atomic E-state index is 0. The van der Waals surface area contributed by atoms with E-state index in [0.717, 1.165) is 0 Å². The van der Waals surface area contributed by atoms with Crippen LogP contribution < -0.4 is 5.73 Å².